The molecule has 2 rings (SSSR count). The topological polar surface area (TPSA) is 60.2 Å². The molecule has 1 aromatic carbocycles. The summed E-state index contributed by atoms with van der Waals surface area (Å²) in [6.45, 7) is 4.89. The molecule has 0 amide bonds. The number of nitrogens with two attached hydrogens (primary N) is 1. The number of pyridine rings is 1. The quantitative estimate of drug-likeness (QED) is 0.606. The lowest BCUT2D eigenvalue weighted by Gasteiger charge is -2.18. The van der Waals surface area contributed by atoms with Gasteiger partial charge in [-0.1, -0.05) is 31.2 Å². The van der Waals surface area contributed by atoms with Crippen LogP contribution in [-0.2, 0) is 6.42 Å². The first-order chi connectivity index (χ1) is 10.2. The van der Waals surface area contributed by atoms with Gasteiger partial charge in [-0.05, 0) is 42.5 Å². The molecule has 4 heteroatoms. The molecular weight excluding hydrogens is 262 g/mol. The summed E-state index contributed by atoms with van der Waals surface area (Å²) in [6.07, 6.45) is 5.37. The zero-order chi connectivity index (χ0) is 15.1. The van der Waals surface area contributed by atoms with Crippen LogP contribution < -0.4 is 16.0 Å². The van der Waals surface area contributed by atoms with E-state index in [9.17, 15) is 0 Å². The first-order valence-electron chi connectivity index (χ1n) is 7.33. The van der Waals surface area contributed by atoms with Crippen molar-refractivity contribution in [2.45, 2.75) is 32.7 Å². The molecule has 0 saturated carbocycles. The van der Waals surface area contributed by atoms with Gasteiger partial charge in [-0.25, -0.2) is 0 Å². The Balaban J connectivity index is 2.15. The predicted octanol–water partition coefficient (Wildman–Crippen LogP) is 2.93. The maximum atomic E-state index is 5.73. The van der Waals surface area contributed by atoms with Gasteiger partial charge in [0.15, 0.2) is 0 Å². The van der Waals surface area contributed by atoms with Gasteiger partial charge in [0, 0.05) is 6.20 Å². The molecule has 0 radical (unpaired) electrons. The minimum atomic E-state index is 0.0174. The smallest absolute Gasteiger partial charge is 0.137 e. The van der Waals surface area contributed by atoms with E-state index in [2.05, 4.69) is 42.5 Å². The monoisotopic (exact) mass is 285 g/mol. The van der Waals surface area contributed by atoms with Crippen molar-refractivity contribution in [2.75, 3.05) is 6.61 Å². The van der Waals surface area contributed by atoms with Crippen LogP contribution in [0.4, 0.5) is 0 Å². The number of aryl methyl sites for hydroxylation is 1. The molecule has 1 unspecified atom stereocenters. The van der Waals surface area contributed by atoms with E-state index < -0.39 is 0 Å². The molecule has 2 aromatic rings. The number of rotatable bonds is 7. The van der Waals surface area contributed by atoms with Crippen LogP contribution in [0.3, 0.4) is 0 Å². The Kier molecular flexibility index (Phi) is 5.72. The van der Waals surface area contributed by atoms with E-state index >= 15 is 0 Å². The molecule has 0 bridgehead atoms. The Labute approximate surface area is 126 Å². The van der Waals surface area contributed by atoms with Crippen LogP contribution in [0, 0.1) is 6.92 Å². The first kappa shape index (κ1) is 15.5. The van der Waals surface area contributed by atoms with Crippen molar-refractivity contribution in [3.8, 4) is 5.75 Å². The summed E-state index contributed by atoms with van der Waals surface area (Å²) in [5, 5.41) is 0. The number of hydrazine groups is 1. The number of nitrogens with one attached hydrogen (secondary N) is 1. The van der Waals surface area contributed by atoms with Crippen LogP contribution in [0.1, 0.15) is 36.1 Å². The minimum Gasteiger partial charge on any atom is -0.492 e. The molecule has 0 spiro atoms. The van der Waals surface area contributed by atoms with Gasteiger partial charge in [0.05, 0.1) is 18.8 Å². The lowest BCUT2D eigenvalue weighted by molar-refractivity contribution is 0.315. The zero-order valence-corrected chi connectivity index (χ0v) is 12.7. The molecule has 1 atom stereocenters. The minimum absolute atomic E-state index is 0.0174. The van der Waals surface area contributed by atoms with Crippen LogP contribution in [0.2, 0.25) is 0 Å². The molecule has 0 saturated heterocycles. The van der Waals surface area contributed by atoms with Crippen molar-refractivity contribution < 1.29 is 4.74 Å². The van der Waals surface area contributed by atoms with E-state index in [0.29, 0.717) is 6.61 Å². The first-order valence-corrected chi connectivity index (χ1v) is 7.33. The van der Waals surface area contributed by atoms with E-state index in [1.165, 1.54) is 11.1 Å². The molecule has 0 aliphatic carbocycles. The molecule has 0 aliphatic rings. The molecule has 4 nitrogen and oxygen atoms in total. The average molecular weight is 285 g/mol. The number of benzene rings is 1. The Bertz CT molecular complexity index is 571. The fraction of sp³-hybridized carbons (Fsp3) is 0.353. The van der Waals surface area contributed by atoms with E-state index in [4.69, 9.17) is 10.6 Å². The van der Waals surface area contributed by atoms with Crippen LogP contribution in [-0.4, -0.2) is 11.6 Å². The number of nitrogens with zero attached hydrogens (tertiary/aromatic N) is 1. The highest BCUT2D eigenvalue weighted by Gasteiger charge is 2.13. The average Bonchev–Trinajstić information content (AvgIpc) is 2.52. The summed E-state index contributed by atoms with van der Waals surface area (Å²) in [4.78, 5) is 4.25. The summed E-state index contributed by atoms with van der Waals surface area (Å²) >= 11 is 0. The van der Waals surface area contributed by atoms with Gasteiger partial charge in [0.2, 0.25) is 0 Å². The number of aromatic nitrogens is 1. The third-order valence-electron chi connectivity index (χ3n) is 3.50. The Morgan fingerprint density at radius 1 is 1.29 bits per heavy atom. The van der Waals surface area contributed by atoms with Crippen LogP contribution in [0.5, 0.6) is 5.75 Å². The van der Waals surface area contributed by atoms with Gasteiger partial charge in [0.25, 0.3) is 0 Å². The number of ether oxygens (including phenoxy) is 1. The van der Waals surface area contributed by atoms with E-state index in [1.807, 2.05) is 18.3 Å². The standard InChI is InChI=1S/C17H23N3O/c1-3-8-21-16-9-15(11-19-12-16)17(20-18)10-14-7-5-4-6-13(14)2/h4-7,9,11-12,17,20H,3,8,10,18H2,1-2H3. The van der Waals surface area contributed by atoms with Crippen LogP contribution in [0.25, 0.3) is 0 Å². The zero-order valence-electron chi connectivity index (χ0n) is 12.7. The van der Waals surface area contributed by atoms with Crippen LogP contribution >= 0.6 is 0 Å². The maximum Gasteiger partial charge on any atom is 0.137 e. The highest BCUT2D eigenvalue weighted by Crippen LogP contribution is 2.22. The fourth-order valence-corrected chi connectivity index (χ4v) is 2.26. The summed E-state index contributed by atoms with van der Waals surface area (Å²) in [6, 6.07) is 10.4. The van der Waals surface area contributed by atoms with Gasteiger partial charge >= 0.3 is 0 Å². The van der Waals surface area contributed by atoms with Crippen molar-refractivity contribution in [3.05, 3.63) is 59.4 Å². The maximum absolute atomic E-state index is 5.73. The number of hydrogen-bond acceptors (Lipinski definition) is 4. The summed E-state index contributed by atoms with van der Waals surface area (Å²) < 4.78 is 5.63. The fourth-order valence-electron chi connectivity index (χ4n) is 2.26. The molecule has 1 aromatic heterocycles. The van der Waals surface area contributed by atoms with Crippen molar-refractivity contribution in [3.63, 3.8) is 0 Å². The van der Waals surface area contributed by atoms with Crippen molar-refractivity contribution in [1.29, 1.82) is 0 Å². The molecule has 0 fully saturated rings. The second-order valence-corrected chi connectivity index (χ2v) is 5.15. The molecule has 3 N–H and O–H groups in total. The third-order valence-corrected chi connectivity index (χ3v) is 3.50. The van der Waals surface area contributed by atoms with Crippen LogP contribution in [0.15, 0.2) is 42.7 Å². The summed E-state index contributed by atoms with van der Waals surface area (Å²) in [7, 11) is 0. The van der Waals surface area contributed by atoms with E-state index in [1.54, 1.807) is 6.20 Å². The van der Waals surface area contributed by atoms with Crippen molar-refractivity contribution in [2.24, 2.45) is 5.84 Å². The molecule has 112 valence electrons. The lowest BCUT2D eigenvalue weighted by Crippen LogP contribution is -2.29. The lowest BCUT2D eigenvalue weighted by atomic mass is 9.97. The van der Waals surface area contributed by atoms with Gasteiger partial charge in [-0.2, -0.15) is 0 Å². The van der Waals surface area contributed by atoms with Gasteiger partial charge in [-0.3, -0.25) is 16.3 Å². The second kappa shape index (κ2) is 7.76. The van der Waals surface area contributed by atoms with Gasteiger partial charge in [-0.15, -0.1) is 0 Å². The van der Waals surface area contributed by atoms with E-state index in [0.717, 1.165) is 24.2 Å². The largest absolute Gasteiger partial charge is 0.492 e. The van der Waals surface area contributed by atoms with Gasteiger partial charge < -0.3 is 4.74 Å². The molecular formula is C17H23N3O. The van der Waals surface area contributed by atoms with Crippen molar-refractivity contribution in [1.82, 2.24) is 10.4 Å². The Hall–Kier alpha value is -1.91. The Morgan fingerprint density at radius 2 is 2.10 bits per heavy atom. The Morgan fingerprint density at radius 3 is 2.81 bits per heavy atom. The highest BCUT2D eigenvalue weighted by atomic mass is 16.5. The third kappa shape index (κ3) is 4.28. The molecule has 21 heavy (non-hydrogen) atoms. The highest BCUT2D eigenvalue weighted by molar-refractivity contribution is 5.31. The molecule has 1 heterocycles. The summed E-state index contributed by atoms with van der Waals surface area (Å²) in [5.41, 5.74) is 6.46. The SMILES string of the molecule is CCCOc1cncc(C(Cc2ccccc2C)NN)c1. The molecule has 0 aliphatic heterocycles. The summed E-state index contributed by atoms with van der Waals surface area (Å²) in [5.74, 6) is 6.53. The normalized spacial score (nSPS) is 12.1. The van der Waals surface area contributed by atoms with Gasteiger partial charge in [0.1, 0.15) is 5.75 Å². The van der Waals surface area contributed by atoms with E-state index in [-0.39, 0.29) is 6.04 Å². The van der Waals surface area contributed by atoms with Crippen molar-refractivity contribution >= 4 is 0 Å². The second-order valence-electron chi connectivity index (χ2n) is 5.15. The predicted molar refractivity (Wildman–Crippen MR) is 85.0 cm³/mol. The number of hydrogen-bond donors (Lipinski definition) is 2.